The van der Waals surface area contributed by atoms with Gasteiger partial charge >= 0.3 is 0 Å². The van der Waals surface area contributed by atoms with Gasteiger partial charge in [-0.05, 0) is 43.9 Å². The number of hydrogen-bond donors (Lipinski definition) is 1. The molecule has 0 spiro atoms. The van der Waals surface area contributed by atoms with Crippen LogP contribution in [0.4, 0.5) is 0 Å². The Bertz CT molecular complexity index is 282. The Labute approximate surface area is 111 Å². The fraction of sp³-hybridized carbons (Fsp3) is 0.933. The lowest BCUT2D eigenvalue weighted by Crippen LogP contribution is -2.44. The predicted molar refractivity (Wildman–Crippen MR) is 74.1 cm³/mol. The van der Waals surface area contributed by atoms with E-state index in [9.17, 15) is 4.79 Å². The molecule has 2 rings (SSSR count). The maximum absolute atomic E-state index is 12.4. The first-order valence-electron chi connectivity index (χ1n) is 7.62. The van der Waals surface area contributed by atoms with Crippen LogP contribution < -0.4 is 5.73 Å². The van der Waals surface area contributed by atoms with E-state index >= 15 is 0 Å². The SMILES string of the molecule is CC(C)C1CCN(C(=O)C2CCCC(N)C2)CC1. The van der Waals surface area contributed by atoms with E-state index in [1.165, 1.54) is 12.8 Å². The molecule has 1 aliphatic carbocycles. The molecule has 0 bridgehead atoms. The predicted octanol–water partition coefficient (Wildman–Crippen LogP) is 2.40. The molecular formula is C15H28N2O. The summed E-state index contributed by atoms with van der Waals surface area (Å²) in [7, 11) is 0. The van der Waals surface area contributed by atoms with Crippen LogP contribution in [0.3, 0.4) is 0 Å². The fourth-order valence-electron chi connectivity index (χ4n) is 3.50. The number of piperidine rings is 1. The van der Waals surface area contributed by atoms with Crippen molar-refractivity contribution in [3.8, 4) is 0 Å². The Balaban J connectivity index is 1.83. The normalized spacial score (nSPS) is 30.8. The van der Waals surface area contributed by atoms with Crippen molar-refractivity contribution in [2.75, 3.05) is 13.1 Å². The van der Waals surface area contributed by atoms with Gasteiger partial charge in [0.1, 0.15) is 0 Å². The average Bonchev–Trinajstić information content (AvgIpc) is 2.38. The number of nitrogens with zero attached hydrogens (tertiary/aromatic N) is 1. The number of carbonyl (C=O) groups excluding carboxylic acids is 1. The van der Waals surface area contributed by atoms with E-state index in [0.717, 1.165) is 50.6 Å². The van der Waals surface area contributed by atoms with Crippen LogP contribution in [0.25, 0.3) is 0 Å². The lowest BCUT2D eigenvalue weighted by molar-refractivity contribution is -0.138. The lowest BCUT2D eigenvalue weighted by atomic mass is 9.83. The molecule has 1 amide bonds. The molecule has 2 N–H and O–H groups in total. The van der Waals surface area contributed by atoms with Crippen molar-refractivity contribution >= 4 is 5.91 Å². The molecule has 3 heteroatoms. The van der Waals surface area contributed by atoms with Gasteiger partial charge in [-0.25, -0.2) is 0 Å². The van der Waals surface area contributed by atoms with E-state index in [1.807, 2.05) is 0 Å². The number of hydrogen-bond acceptors (Lipinski definition) is 2. The second-order valence-electron chi connectivity index (χ2n) is 6.53. The topological polar surface area (TPSA) is 46.3 Å². The third-order valence-electron chi connectivity index (χ3n) is 4.86. The summed E-state index contributed by atoms with van der Waals surface area (Å²) in [4.78, 5) is 14.5. The Morgan fingerprint density at radius 3 is 2.39 bits per heavy atom. The van der Waals surface area contributed by atoms with E-state index in [1.54, 1.807) is 0 Å². The van der Waals surface area contributed by atoms with Crippen LogP contribution in [0.2, 0.25) is 0 Å². The van der Waals surface area contributed by atoms with Gasteiger partial charge in [0.15, 0.2) is 0 Å². The molecule has 2 aliphatic rings. The highest BCUT2D eigenvalue weighted by Crippen LogP contribution is 2.29. The number of rotatable bonds is 2. The first kappa shape index (κ1) is 13.9. The second-order valence-corrected chi connectivity index (χ2v) is 6.53. The lowest BCUT2D eigenvalue weighted by Gasteiger charge is -2.37. The molecule has 2 atom stereocenters. The van der Waals surface area contributed by atoms with Crippen molar-refractivity contribution in [2.24, 2.45) is 23.5 Å². The van der Waals surface area contributed by atoms with Gasteiger partial charge in [0.2, 0.25) is 5.91 Å². The van der Waals surface area contributed by atoms with Gasteiger partial charge in [-0.3, -0.25) is 4.79 Å². The van der Waals surface area contributed by atoms with Gasteiger partial charge in [-0.1, -0.05) is 20.3 Å². The molecule has 2 fully saturated rings. The summed E-state index contributed by atoms with van der Waals surface area (Å²) >= 11 is 0. The fourth-order valence-corrected chi connectivity index (χ4v) is 3.50. The summed E-state index contributed by atoms with van der Waals surface area (Å²) in [6, 6.07) is 0.251. The van der Waals surface area contributed by atoms with E-state index in [-0.39, 0.29) is 12.0 Å². The van der Waals surface area contributed by atoms with Crippen LogP contribution in [0.15, 0.2) is 0 Å². The van der Waals surface area contributed by atoms with Crippen molar-refractivity contribution in [3.05, 3.63) is 0 Å². The molecule has 0 radical (unpaired) electrons. The van der Waals surface area contributed by atoms with Crippen molar-refractivity contribution < 1.29 is 4.79 Å². The van der Waals surface area contributed by atoms with Crippen LogP contribution in [-0.4, -0.2) is 29.9 Å². The monoisotopic (exact) mass is 252 g/mol. The van der Waals surface area contributed by atoms with E-state index < -0.39 is 0 Å². The van der Waals surface area contributed by atoms with Crippen LogP contribution in [0.5, 0.6) is 0 Å². The Hall–Kier alpha value is -0.570. The average molecular weight is 252 g/mol. The van der Waals surface area contributed by atoms with Gasteiger partial charge in [-0.15, -0.1) is 0 Å². The van der Waals surface area contributed by atoms with E-state index in [2.05, 4.69) is 18.7 Å². The maximum atomic E-state index is 12.4. The van der Waals surface area contributed by atoms with Gasteiger partial charge in [-0.2, -0.15) is 0 Å². The first-order valence-corrected chi connectivity index (χ1v) is 7.62. The molecule has 18 heavy (non-hydrogen) atoms. The third-order valence-corrected chi connectivity index (χ3v) is 4.86. The number of likely N-dealkylation sites (tertiary alicyclic amines) is 1. The van der Waals surface area contributed by atoms with Crippen LogP contribution >= 0.6 is 0 Å². The summed E-state index contributed by atoms with van der Waals surface area (Å²) in [6.45, 7) is 6.52. The summed E-state index contributed by atoms with van der Waals surface area (Å²) in [5, 5.41) is 0. The van der Waals surface area contributed by atoms with Gasteiger partial charge in [0.05, 0.1) is 0 Å². The second kappa shape index (κ2) is 6.05. The van der Waals surface area contributed by atoms with Crippen molar-refractivity contribution in [1.29, 1.82) is 0 Å². The van der Waals surface area contributed by atoms with Gasteiger partial charge < -0.3 is 10.6 Å². The van der Waals surface area contributed by atoms with Crippen molar-refractivity contribution in [1.82, 2.24) is 4.90 Å². The molecular weight excluding hydrogens is 224 g/mol. The van der Waals surface area contributed by atoms with Crippen LogP contribution in [0.1, 0.15) is 52.4 Å². The summed E-state index contributed by atoms with van der Waals surface area (Å²) in [6.07, 6.45) is 6.54. The molecule has 2 unspecified atom stereocenters. The van der Waals surface area contributed by atoms with Crippen LogP contribution in [0, 0.1) is 17.8 Å². The largest absolute Gasteiger partial charge is 0.342 e. The zero-order valence-electron chi connectivity index (χ0n) is 11.9. The highest BCUT2D eigenvalue weighted by Gasteiger charge is 2.31. The molecule has 0 aromatic heterocycles. The summed E-state index contributed by atoms with van der Waals surface area (Å²) < 4.78 is 0. The minimum absolute atomic E-state index is 0.212. The quantitative estimate of drug-likeness (QED) is 0.820. The first-order chi connectivity index (χ1) is 8.58. The van der Waals surface area contributed by atoms with Crippen molar-refractivity contribution in [2.45, 2.75) is 58.4 Å². The molecule has 0 aromatic carbocycles. The number of amides is 1. The summed E-state index contributed by atoms with van der Waals surface area (Å²) in [5.41, 5.74) is 5.98. The van der Waals surface area contributed by atoms with Gasteiger partial charge in [0.25, 0.3) is 0 Å². The minimum Gasteiger partial charge on any atom is -0.342 e. The minimum atomic E-state index is 0.212. The zero-order chi connectivity index (χ0) is 13.1. The van der Waals surface area contributed by atoms with E-state index in [0.29, 0.717) is 5.91 Å². The zero-order valence-corrected chi connectivity index (χ0v) is 11.9. The highest BCUT2D eigenvalue weighted by molar-refractivity contribution is 5.79. The molecule has 0 aromatic rings. The maximum Gasteiger partial charge on any atom is 0.225 e. The molecule has 3 nitrogen and oxygen atoms in total. The summed E-state index contributed by atoms with van der Waals surface area (Å²) in [5.74, 6) is 2.16. The standard InChI is InChI=1S/C15H28N2O/c1-11(2)12-6-8-17(9-7-12)15(18)13-4-3-5-14(16)10-13/h11-14H,3-10,16H2,1-2H3. The van der Waals surface area contributed by atoms with E-state index in [4.69, 9.17) is 5.73 Å². The molecule has 104 valence electrons. The van der Waals surface area contributed by atoms with Crippen LogP contribution in [-0.2, 0) is 4.79 Å². The Morgan fingerprint density at radius 1 is 1.17 bits per heavy atom. The Kier molecular flexibility index (Phi) is 4.66. The molecule has 1 saturated heterocycles. The van der Waals surface area contributed by atoms with Crippen molar-refractivity contribution in [3.63, 3.8) is 0 Å². The number of nitrogens with two attached hydrogens (primary N) is 1. The molecule has 1 aliphatic heterocycles. The Morgan fingerprint density at radius 2 is 1.83 bits per heavy atom. The highest BCUT2D eigenvalue weighted by atomic mass is 16.2. The third kappa shape index (κ3) is 3.25. The number of carbonyl (C=O) groups is 1. The molecule has 1 heterocycles. The smallest absolute Gasteiger partial charge is 0.225 e. The van der Waals surface area contributed by atoms with Gasteiger partial charge in [0, 0.05) is 25.0 Å². The molecule has 1 saturated carbocycles.